The first-order valence-electron chi connectivity index (χ1n) is 6.12. The van der Waals surface area contributed by atoms with Crippen molar-refractivity contribution in [1.82, 2.24) is 9.88 Å². The number of rotatable bonds is 5. The van der Waals surface area contributed by atoms with Gasteiger partial charge in [-0.2, -0.15) is 0 Å². The van der Waals surface area contributed by atoms with Crippen molar-refractivity contribution in [3.63, 3.8) is 0 Å². The summed E-state index contributed by atoms with van der Waals surface area (Å²) in [5, 5.41) is 3.69. The highest BCUT2D eigenvalue weighted by molar-refractivity contribution is 7.89. The van der Waals surface area contributed by atoms with Crippen LogP contribution in [0, 0.1) is 25.7 Å². The molecule has 0 saturated carbocycles. The number of hydrogen-bond donors (Lipinski definition) is 1. The van der Waals surface area contributed by atoms with Crippen LogP contribution in [0.2, 0.25) is 0 Å². The topological polar surface area (TPSA) is 72.2 Å². The lowest BCUT2D eigenvalue weighted by Crippen LogP contribution is -2.42. The van der Waals surface area contributed by atoms with Gasteiger partial charge in [0.1, 0.15) is 10.6 Å². The van der Waals surface area contributed by atoms with Crippen molar-refractivity contribution in [3.05, 3.63) is 11.5 Å². The molecule has 5 nitrogen and oxygen atoms in total. The molecule has 0 unspecified atom stereocenters. The summed E-state index contributed by atoms with van der Waals surface area (Å²) in [6.07, 6.45) is 0. The van der Waals surface area contributed by atoms with Gasteiger partial charge in [-0.1, -0.05) is 32.9 Å². The lowest BCUT2D eigenvalue weighted by molar-refractivity contribution is 0.355. The zero-order valence-electron chi connectivity index (χ0n) is 11.8. The molecule has 0 atom stereocenters. The maximum atomic E-state index is 12.3. The van der Waals surface area contributed by atoms with Crippen molar-refractivity contribution in [3.8, 4) is 0 Å². The first-order chi connectivity index (χ1) is 8.16. The van der Waals surface area contributed by atoms with Crippen LogP contribution in [-0.2, 0) is 10.0 Å². The van der Waals surface area contributed by atoms with Crippen LogP contribution in [0.1, 0.15) is 39.1 Å². The minimum Gasteiger partial charge on any atom is -0.360 e. The first kappa shape index (κ1) is 15.2. The van der Waals surface area contributed by atoms with Crippen molar-refractivity contribution < 1.29 is 12.9 Å². The van der Waals surface area contributed by atoms with Crippen LogP contribution in [0.15, 0.2) is 9.42 Å². The number of hydrogen-bond acceptors (Lipinski definition) is 4. The van der Waals surface area contributed by atoms with Crippen LogP contribution in [0.5, 0.6) is 0 Å². The van der Waals surface area contributed by atoms with E-state index in [0.29, 0.717) is 11.5 Å². The molecule has 1 aromatic rings. The van der Waals surface area contributed by atoms with Gasteiger partial charge in [0.2, 0.25) is 10.0 Å². The molecule has 1 aromatic heterocycles. The summed E-state index contributed by atoms with van der Waals surface area (Å²) in [7, 11) is -3.57. The number of aryl methyl sites for hydroxylation is 2. The Bertz CT molecular complexity index is 476. The minimum atomic E-state index is -3.57. The quantitative estimate of drug-likeness (QED) is 0.894. The molecule has 0 fully saturated rings. The molecule has 0 aliphatic carbocycles. The van der Waals surface area contributed by atoms with Crippen molar-refractivity contribution in [1.29, 1.82) is 0 Å². The van der Waals surface area contributed by atoms with Crippen LogP contribution in [0.3, 0.4) is 0 Å². The molecule has 0 radical (unpaired) electrons. The zero-order chi connectivity index (χ0) is 14.1. The predicted octanol–water partition coefficient (Wildman–Crippen LogP) is 2.25. The average molecular weight is 274 g/mol. The van der Waals surface area contributed by atoms with Crippen LogP contribution in [0.4, 0.5) is 0 Å². The van der Waals surface area contributed by atoms with Gasteiger partial charge >= 0.3 is 0 Å². The van der Waals surface area contributed by atoms with Crippen LogP contribution >= 0.6 is 0 Å². The molecule has 0 saturated heterocycles. The summed E-state index contributed by atoms with van der Waals surface area (Å²) in [4.78, 5) is 0.161. The second-order valence-corrected chi connectivity index (χ2v) is 6.94. The molecule has 0 aromatic carbocycles. The third-order valence-corrected chi connectivity index (χ3v) is 4.67. The molecule has 0 aliphatic heterocycles. The van der Waals surface area contributed by atoms with E-state index in [9.17, 15) is 8.42 Å². The van der Waals surface area contributed by atoms with Crippen LogP contribution in [0.25, 0.3) is 0 Å². The van der Waals surface area contributed by atoms with Crippen LogP contribution in [-0.4, -0.2) is 19.6 Å². The van der Waals surface area contributed by atoms with Crippen molar-refractivity contribution >= 4 is 10.0 Å². The Morgan fingerprint density at radius 2 is 1.61 bits per heavy atom. The van der Waals surface area contributed by atoms with Gasteiger partial charge in [-0.25, -0.2) is 13.1 Å². The monoisotopic (exact) mass is 274 g/mol. The van der Waals surface area contributed by atoms with Crippen molar-refractivity contribution in [2.75, 3.05) is 0 Å². The Hall–Kier alpha value is -0.880. The van der Waals surface area contributed by atoms with Gasteiger partial charge in [0.05, 0.1) is 0 Å². The number of nitrogens with zero attached hydrogens (tertiary/aromatic N) is 1. The van der Waals surface area contributed by atoms with Crippen LogP contribution < -0.4 is 4.72 Å². The summed E-state index contributed by atoms with van der Waals surface area (Å²) in [6, 6.07) is -0.108. The van der Waals surface area contributed by atoms with Crippen molar-refractivity contribution in [2.24, 2.45) is 11.8 Å². The largest absolute Gasteiger partial charge is 0.360 e. The first-order valence-corrected chi connectivity index (χ1v) is 7.60. The highest BCUT2D eigenvalue weighted by Crippen LogP contribution is 2.21. The second-order valence-electron chi connectivity index (χ2n) is 5.29. The van der Waals surface area contributed by atoms with E-state index in [1.165, 1.54) is 0 Å². The van der Waals surface area contributed by atoms with E-state index in [4.69, 9.17) is 4.52 Å². The molecule has 1 heterocycles. The number of sulfonamides is 1. The van der Waals surface area contributed by atoms with E-state index in [1.54, 1.807) is 13.8 Å². The zero-order valence-corrected chi connectivity index (χ0v) is 12.6. The molecule has 1 N–H and O–H groups in total. The lowest BCUT2D eigenvalue weighted by Gasteiger charge is -2.25. The third kappa shape index (κ3) is 3.11. The van der Waals surface area contributed by atoms with E-state index >= 15 is 0 Å². The third-order valence-electron chi connectivity index (χ3n) is 2.96. The molecule has 18 heavy (non-hydrogen) atoms. The molecule has 0 aliphatic rings. The minimum absolute atomic E-state index is 0.108. The fraction of sp³-hybridized carbons (Fsp3) is 0.750. The van der Waals surface area contributed by atoms with Gasteiger partial charge in [-0.3, -0.25) is 0 Å². The SMILES string of the molecule is Cc1noc(C)c1S(=O)(=O)NC(C(C)C)C(C)C. The highest BCUT2D eigenvalue weighted by atomic mass is 32.2. The van der Waals surface area contributed by atoms with E-state index in [1.807, 2.05) is 27.7 Å². The molecule has 0 bridgehead atoms. The summed E-state index contributed by atoms with van der Waals surface area (Å²) in [6.45, 7) is 11.2. The molecule has 104 valence electrons. The molecule has 6 heteroatoms. The Labute approximate surface area is 109 Å². The standard InChI is InChI=1S/C12H22N2O3S/c1-7(2)11(8(3)4)14-18(15,16)12-9(5)13-17-10(12)6/h7-8,11,14H,1-6H3. The average Bonchev–Trinajstić information content (AvgIpc) is 2.54. The Balaban J connectivity index is 3.09. The molecular weight excluding hydrogens is 252 g/mol. The summed E-state index contributed by atoms with van der Waals surface area (Å²) >= 11 is 0. The number of aromatic nitrogens is 1. The van der Waals surface area contributed by atoms with E-state index in [2.05, 4.69) is 9.88 Å². The smallest absolute Gasteiger partial charge is 0.246 e. The summed E-state index contributed by atoms with van der Waals surface area (Å²) in [5.74, 6) is 0.770. The van der Waals surface area contributed by atoms with E-state index in [-0.39, 0.29) is 22.8 Å². The lowest BCUT2D eigenvalue weighted by atomic mass is 9.94. The van der Waals surface area contributed by atoms with Gasteiger partial charge in [0.15, 0.2) is 5.76 Å². The Morgan fingerprint density at radius 1 is 1.11 bits per heavy atom. The predicted molar refractivity (Wildman–Crippen MR) is 69.8 cm³/mol. The molecule has 0 spiro atoms. The van der Waals surface area contributed by atoms with Gasteiger partial charge in [0, 0.05) is 6.04 Å². The van der Waals surface area contributed by atoms with E-state index < -0.39 is 10.0 Å². The molecule has 1 rings (SSSR count). The van der Waals surface area contributed by atoms with Gasteiger partial charge in [-0.15, -0.1) is 0 Å². The Kier molecular flexibility index (Phi) is 4.55. The fourth-order valence-electron chi connectivity index (χ4n) is 2.14. The Morgan fingerprint density at radius 3 is 1.94 bits per heavy atom. The van der Waals surface area contributed by atoms with Gasteiger partial charge < -0.3 is 4.52 Å². The van der Waals surface area contributed by atoms with Gasteiger partial charge in [0.25, 0.3) is 0 Å². The summed E-state index contributed by atoms with van der Waals surface area (Å²) < 4.78 is 32.3. The van der Waals surface area contributed by atoms with Gasteiger partial charge in [-0.05, 0) is 25.7 Å². The van der Waals surface area contributed by atoms with Crippen molar-refractivity contribution in [2.45, 2.75) is 52.5 Å². The normalized spacial score (nSPS) is 12.9. The second kappa shape index (κ2) is 5.40. The molecule has 0 amide bonds. The molecular formula is C12H22N2O3S. The summed E-state index contributed by atoms with van der Waals surface area (Å²) in [5.41, 5.74) is 0.395. The maximum Gasteiger partial charge on any atom is 0.246 e. The highest BCUT2D eigenvalue weighted by Gasteiger charge is 2.29. The maximum absolute atomic E-state index is 12.3. The fourth-order valence-corrected chi connectivity index (χ4v) is 4.00. The van der Waals surface area contributed by atoms with E-state index in [0.717, 1.165) is 0 Å². The number of nitrogens with one attached hydrogen (secondary N) is 1.